The topological polar surface area (TPSA) is 74.6 Å². The number of fused-ring (bicyclic) bond motifs is 5. The van der Waals surface area contributed by atoms with Crippen LogP contribution in [0.15, 0.2) is 30.5 Å². The molecule has 1 aliphatic carbocycles. The van der Waals surface area contributed by atoms with Gasteiger partial charge in [-0.3, -0.25) is 9.88 Å². The van der Waals surface area contributed by atoms with E-state index >= 15 is 4.39 Å². The summed E-state index contributed by atoms with van der Waals surface area (Å²) in [5.74, 6) is 0.564. The van der Waals surface area contributed by atoms with Crippen LogP contribution in [0.5, 0.6) is 11.8 Å². The third-order valence-corrected chi connectivity index (χ3v) is 10.8. The highest BCUT2D eigenvalue weighted by Crippen LogP contribution is 2.43. The fraction of sp³-hybridized carbons (Fsp3) is 0.514. The minimum atomic E-state index is -0.893. The Morgan fingerprint density at radius 1 is 1.07 bits per heavy atom. The summed E-state index contributed by atoms with van der Waals surface area (Å²) in [7, 11) is 0. The second-order valence-electron chi connectivity index (χ2n) is 13.7. The number of nitrogens with zero attached hydrogens (tertiary/aromatic N) is 5. The summed E-state index contributed by atoms with van der Waals surface area (Å²) in [5, 5.41) is 12.2. The maximum Gasteiger partial charge on any atom is 0.319 e. The third kappa shape index (κ3) is 4.87. The van der Waals surface area contributed by atoms with Crippen molar-refractivity contribution in [1.82, 2.24) is 19.9 Å². The molecular weight excluding hydrogens is 579 g/mol. The van der Waals surface area contributed by atoms with Crippen LogP contribution in [0.25, 0.3) is 32.9 Å². The number of rotatable bonds is 6. The second kappa shape index (κ2) is 11.0. The number of alkyl halides is 1. The van der Waals surface area contributed by atoms with Gasteiger partial charge in [-0.15, -0.1) is 0 Å². The number of hydrogen-bond acceptors (Lipinski definition) is 7. The average molecular weight is 618 g/mol. The molecule has 5 heterocycles. The first-order chi connectivity index (χ1) is 21.8. The number of anilines is 1. The van der Waals surface area contributed by atoms with Gasteiger partial charge in [-0.25, -0.2) is 13.2 Å². The Labute approximate surface area is 260 Å². The van der Waals surface area contributed by atoms with E-state index in [1.54, 1.807) is 18.3 Å². The molecule has 236 valence electrons. The van der Waals surface area contributed by atoms with E-state index < -0.39 is 23.3 Å². The van der Waals surface area contributed by atoms with Crippen molar-refractivity contribution in [2.75, 3.05) is 37.7 Å². The molecule has 2 aromatic carbocycles. The summed E-state index contributed by atoms with van der Waals surface area (Å²) < 4.78 is 52.6. The van der Waals surface area contributed by atoms with Gasteiger partial charge in [0.15, 0.2) is 5.82 Å². The number of aryl methyl sites for hydroxylation is 1. The van der Waals surface area contributed by atoms with Gasteiger partial charge in [0.25, 0.3) is 0 Å². The highest BCUT2D eigenvalue weighted by molar-refractivity contribution is 6.01. The highest BCUT2D eigenvalue weighted by atomic mass is 19.1. The lowest BCUT2D eigenvalue weighted by Crippen LogP contribution is -2.44. The lowest BCUT2D eigenvalue weighted by atomic mass is 9.78. The lowest BCUT2D eigenvalue weighted by Gasteiger charge is -2.42. The molecule has 2 aromatic heterocycles. The molecule has 45 heavy (non-hydrogen) atoms. The summed E-state index contributed by atoms with van der Waals surface area (Å²) in [4.78, 5) is 18.5. The van der Waals surface area contributed by atoms with E-state index in [4.69, 9.17) is 9.72 Å². The Bertz CT molecular complexity index is 1790. The van der Waals surface area contributed by atoms with Crippen LogP contribution in [0.2, 0.25) is 0 Å². The standard InChI is InChI=1S/C35H38F3N5O2/c1-2-25-28(37)8-7-22-12-24(44)13-26(29(22)25)31-30(38)32-27(15-39-31)33(42-16-20-5-3-6-21(11-20)17-42)41-34(40-32)45-19-35-9-4-10-43(35)18-23(36)14-35/h7-8,12-13,15,20-21,23,44H,2-6,9-11,14,16-19H2,1H3/t20?,21?,23-,35+/m1/s1. The Kier molecular flexibility index (Phi) is 7.04. The van der Waals surface area contributed by atoms with Crippen molar-refractivity contribution in [1.29, 1.82) is 0 Å². The molecule has 3 saturated heterocycles. The van der Waals surface area contributed by atoms with Gasteiger partial charge < -0.3 is 14.7 Å². The van der Waals surface area contributed by atoms with Gasteiger partial charge in [0.1, 0.15) is 41.4 Å². The monoisotopic (exact) mass is 617 g/mol. The number of aromatic nitrogens is 3. The number of piperidine rings is 1. The van der Waals surface area contributed by atoms with E-state index in [9.17, 15) is 13.9 Å². The molecule has 0 radical (unpaired) electrons. The van der Waals surface area contributed by atoms with Crippen molar-refractivity contribution >= 4 is 27.5 Å². The number of ether oxygens (including phenoxy) is 1. The van der Waals surface area contributed by atoms with Gasteiger partial charge in [-0.1, -0.05) is 19.4 Å². The number of phenols is 1. The van der Waals surface area contributed by atoms with E-state index in [2.05, 4.69) is 19.8 Å². The zero-order valence-corrected chi connectivity index (χ0v) is 25.5. The Morgan fingerprint density at radius 2 is 1.89 bits per heavy atom. The zero-order chi connectivity index (χ0) is 30.9. The van der Waals surface area contributed by atoms with Crippen molar-refractivity contribution in [2.45, 2.75) is 70.0 Å². The number of benzene rings is 2. The molecular formula is C35H38F3N5O2. The van der Waals surface area contributed by atoms with E-state index in [0.29, 0.717) is 64.3 Å². The first-order valence-electron chi connectivity index (χ1n) is 16.4. The molecule has 8 rings (SSSR count). The normalized spacial score (nSPS) is 26.6. The zero-order valence-electron chi connectivity index (χ0n) is 25.5. The summed E-state index contributed by atoms with van der Waals surface area (Å²) in [5.41, 5.74) is 0.377. The van der Waals surface area contributed by atoms with Gasteiger partial charge in [0, 0.05) is 37.8 Å². The number of phenolic OH excluding ortho intramolecular Hbond substituents is 1. The van der Waals surface area contributed by atoms with Gasteiger partial charge in [0.05, 0.1) is 10.9 Å². The number of hydrogen-bond donors (Lipinski definition) is 1. The predicted molar refractivity (Wildman–Crippen MR) is 167 cm³/mol. The maximum absolute atomic E-state index is 16.9. The van der Waals surface area contributed by atoms with E-state index in [0.717, 1.165) is 32.5 Å². The first-order valence-corrected chi connectivity index (χ1v) is 16.4. The van der Waals surface area contributed by atoms with Crippen molar-refractivity contribution < 1.29 is 23.0 Å². The molecule has 4 fully saturated rings. The number of aromatic hydroxyl groups is 1. The Balaban J connectivity index is 1.27. The van der Waals surface area contributed by atoms with E-state index in [1.807, 2.05) is 6.92 Å². The molecule has 4 aromatic rings. The molecule has 0 amide bonds. The fourth-order valence-corrected chi connectivity index (χ4v) is 8.80. The largest absolute Gasteiger partial charge is 0.508 e. The second-order valence-corrected chi connectivity index (χ2v) is 13.7. The Morgan fingerprint density at radius 3 is 2.69 bits per heavy atom. The van der Waals surface area contributed by atoms with Crippen LogP contribution in [0.3, 0.4) is 0 Å². The van der Waals surface area contributed by atoms with Crippen molar-refractivity contribution in [3.63, 3.8) is 0 Å². The van der Waals surface area contributed by atoms with Crippen LogP contribution in [0.4, 0.5) is 19.0 Å². The van der Waals surface area contributed by atoms with Gasteiger partial charge >= 0.3 is 6.01 Å². The van der Waals surface area contributed by atoms with Gasteiger partial charge in [0.2, 0.25) is 0 Å². The quantitative estimate of drug-likeness (QED) is 0.250. The van der Waals surface area contributed by atoms with Crippen molar-refractivity contribution in [3.8, 4) is 23.0 Å². The molecule has 3 aliphatic heterocycles. The summed E-state index contributed by atoms with van der Waals surface area (Å²) in [6, 6.07) is 6.00. The van der Waals surface area contributed by atoms with Gasteiger partial charge in [-0.05, 0) is 91.4 Å². The highest BCUT2D eigenvalue weighted by Gasteiger charge is 2.49. The van der Waals surface area contributed by atoms with Gasteiger partial charge in [-0.2, -0.15) is 9.97 Å². The minimum absolute atomic E-state index is 0.0218. The smallest absolute Gasteiger partial charge is 0.319 e. The van der Waals surface area contributed by atoms with Crippen LogP contribution >= 0.6 is 0 Å². The van der Waals surface area contributed by atoms with Crippen LogP contribution in [-0.2, 0) is 6.42 Å². The van der Waals surface area contributed by atoms with E-state index in [-0.39, 0.29) is 29.6 Å². The molecule has 4 aliphatic rings. The maximum atomic E-state index is 16.9. The van der Waals surface area contributed by atoms with Crippen molar-refractivity contribution in [2.24, 2.45) is 11.8 Å². The predicted octanol–water partition coefficient (Wildman–Crippen LogP) is 6.97. The molecule has 10 heteroatoms. The minimum Gasteiger partial charge on any atom is -0.508 e. The molecule has 2 unspecified atom stereocenters. The summed E-state index contributed by atoms with van der Waals surface area (Å²) >= 11 is 0. The SMILES string of the molecule is CCc1c(F)ccc2cc(O)cc(-c3ncc4c(N5CC6CCCC(C6)C5)nc(OC[C@@]56CCCN5C[C@H](F)C6)nc4c3F)c12. The molecule has 7 nitrogen and oxygen atoms in total. The first kappa shape index (κ1) is 28.8. The van der Waals surface area contributed by atoms with Crippen molar-refractivity contribution in [3.05, 3.63) is 47.7 Å². The lowest BCUT2D eigenvalue weighted by molar-refractivity contribution is 0.107. The fourth-order valence-electron chi connectivity index (χ4n) is 8.80. The van der Waals surface area contributed by atoms with Crippen LogP contribution in [0, 0.1) is 23.5 Å². The molecule has 1 N–H and O–H groups in total. The molecule has 0 spiro atoms. The third-order valence-electron chi connectivity index (χ3n) is 10.8. The number of halogens is 3. The van der Waals surface area contributed by atoms with E-state index in [1.165, 1.54) is 37.8 Å². The molecule has 2 bridgehead atoms. The van der Waals surface area contributed by atoms with Crippen LogP contribution < -0.4 is 9.64 Å². The number of pyridine rings is 1. The van der Waals surface area contributed by atoms with Crippen LogP contribution in [-0.4, -0.2) is 69.5 Å². The average Bonchev–Trinajstić information content (AvgIpc) is 3.55. The van der Waals surface area contributed by atoms with Crippen LogP contribution in [0.1, 0.15) is 57.4 Å². The Hall–Kier alpha value is -3.66. The summed E-state index contributed by atoms with van der Waals surface area (Å²) in [6.45, 7) is 4.97. The molecule has 4 atom stereocenters. The summed E-state index contributed by atoms with van der Waals surface area (Å²) in [6.07, 6.45) is 8.08. The molecule has 1 saturated carbocycles.